The first-order valence-electron chi connectivity index (χ1n) is 8.08. The Hall–Kier alpha value is -2.05. The number of urea groups is 1. The minimum Gasteiger partial charge on any atom is -0.508 e. The second-order valence-corrected chi connectivity index (χ2v) is 6.82. The van der Waals surface area contributed by atoms with Crippen LogP contribution in [0.15, 0.2) is 41.8 Å². The molecule has 6 heteroatoms. The molecule has 2 atom stereocenters. The number of amides is 2. The Bertz CT molecular complexity index is 614. The number of aliphatic hydroxyl groups is 1. The fourth-order valence-corrected chi connectivity index (χ4v) is 3.15. The van der Waals surface area contributed by atoms with Crippen molar-refractivity contribution in [1.29, 1.82) is 0 Å². The molecule has 0 aliphatic heterocycles. The largest absolute Gasteiger partial charge is 0.508 e. The summed E-state index contributed by atoms with van der Waals surface area (Å²) in [4.78, 5) is 12.8. The standard InChI is InChI=1S/C18H24N2O3S/c1-13(12-16(22)17-5-3-11-24-17)20-18(23)19-10-2-4-14-6-8-15(21)9-7-14/h3,5-9,11,13,16,21-22H,2,4,10,12H2,1H3,(H2,19,20,23). The Morgan fingerprint density at radius 2 is 2.00 bits per heavy atom. The molecule has 2 rings (SSSR count). The van der Waals surface area contributed by atoms with Crippen molar-refractivity contribution in [3.63, 3.8) is 0 Å². The van der Waals surface area contributed by atoms with Gasteiger partial charge in [0.1, 0.15) is 5.75 Å². The predicted molar refractivity (Wildman–Crippen MR) is 96.3 cm³/mol. The lowest BCUT2D eigenvalue weighted by Gasteiger charge is -2.17. The van der Waals surface area contributed by atoms with Crippen LogP contribution in [-0.2, 0) is 6.42 Å². The van der Waals surface area contributed by atoms with Crippen molar-refractivity contribution in [1.82, 2.24) is 10.6 Å². The van der Waals surface area contributed by atoms with E-state index in [-0.39, 0.29) is 17.8 Å². The lowest BCUT2D eigenvalue weighted by Crippen LogP contribution is -2.41. The lowest BCUT2D eigenvalue weighted by atomic mass is 10.1. The molecule has 0 saturated carbocycles. The van der Waals surface area contributed by atoms with Gasteiger partial charge in [0.25, 0.3) is 0 Å². The maximum atomic E-state index is 11.8. The predicted octanol–water partition coefficient (Wildman–Crippen LogP) is 3.20. The van der Waals surface area contributed by atoms with Gasteiger partial charge in [-0.25, -0.2) is 4.79 Å². The number of nitrogens with one attached hydrogen (secondary N) is 2. The topological polar surface area (TPSA) is 81.6 Å². The highest BCUT2D eigenvalue weighted by Crippen LogP contribution is 2.22. The molecule has 0 spiro atoms. The molecule has 1 aromatic heterocycles. The first-order chi connectivity index (χ1) is 11.5. The quantitative estimate of drug-likeness (QED) is 0.553. The summed E-state index contributed by atoms with van der Waals surface area (Å²) in [6.07, 6.45) is 1.61. The summed E-state index contributed by atoms with van der Waals surface area (Å²) in [5.74, 6) is 0.259. The highest BCUT2D eigenvalue weighted by molar-refractivity contribution is 7.10. The van der Waals surface area contributed by atoms with Crippen LogP contribution >= 0.6 is 11.3 Å². The van der Waals surface area contributed by atoms with E-state index >= 15 is 0 Å². The number of thiophene rings is 1. The van der Waals surface area contributed by atoms with E-state index in [0.29, 0.717) is 13.0 Å². The van der Waals surface area contributed by atoms with Crippen molar-refractivity contribution in [3.05, 3.63) is 52.2 Å². The van der Waals surface area contributed by atoms with Crippen molar-refractivity contribution < 1.29 is 15.0 Å². The minimum absolute atomic E-state index is 0.112. The minimum atomic E-state index is -0.546. The molecule has 0 fully saturated rings. The first kappa shape index (κ1) is 18.3. The van der Waals surface area contributed by atoms with Gasteiger partial charge in [-0.3, -0.25) is 0 Å². The Labute approximate surface area is 146 Å². The number of aryl methyl sites for hydroxylation is 1. The molecule has 2 unspecified atom stereocenters. The zero-order valence-corrected chi connectivity index (χ0v) is 14.6. The molecule has 24 heavy (non-hydrogen) atoms. The molecular weight excluding hydrogens is 324 g/mol. The van der Waals surface area contributed by atoms with Crippen LogP contribution in [0.5, 0.6) is 5.75 Å². The number of carbonyl (C=O) groups is 1. The number of aliphatic hydroxyl groups excluding tert-OH is 1. The average molecular weight is 348 g/mol. The van der Waals surface area contributed by atoms with Gasteiger partial charge >= 0.3 is 6.03 Å². The summed E-state index contributed by atoms with van der Waals surface area (Å²) in [6.45, 7) is 2.46. The fourth-order valence-electron chi connectivity index (χ4n) is 2.42. The normalized spacial score (nSPS) is 13.2. The Kier molecular flexibility index (Phi) is 7.08. The maximum absolute atomic E-state index is 11.8. The van der Waals surface area contributed by atoms with Crippen LogP contribution in [0.4, 0.5) is 4.79 Å². The molecule has 0 aliphatic carbocycles. The third-order valence-electron chi connectivity index (χ3n) is 3.69. The molecule has 0 aliphatic rings. The number of rotatable bonds is 8. The Morgan fingerprint density at radius 3 is 2.67 bits per heavy atom. The van der Waals surface area contributed by atoms with Crippen LogP contribution in [-0.4, -0.2) is 28.8 Å². The lowest BCUT2D eigenvalue weighted by molar-refractivity contribution is 0.158. The van der Waals surface area contributed by atoms with Gasteiger partial charge in [0.15, 0.2) is 0 Å². The summed E-state index contributed by atoms with van der Waals surface area (Å²) >= 11 is 1.51. The van der Waals surface area contributed by atoms with E-state index in [1.807, 2.05) is 36.6 Å². The summed E-state index contributed by atoms with van der Waals surface area (Å²) in [5.41, 5.74) is 1.13. The molecule has 0 radical (unpaired) electrons. The van der Waals surface area contributed by atoms with Crippen LogP contribution in [0.2, 0.25) is 0 Å². The molecule has 2 aromatic rings. The van der Waals surface area contributed by atoms with Crippen molar-refractivity contribution in [2.24, 2.45) is 0 Å². The second kappa shape index (κ2) is 9.30. The molecule has 1 aromatic carbocycles. The van der Waals surface area contributed by atoms with E-state index in [0.717, 1.165) is 23.3 Å². The molecule has 4 N–H and O–H groups in total. The number of carbonyl (C=O) groups excluding carboxylic acids is 1. The summed E-state index contributed by atoms with van der Waals surface area (Å²) in [5, 5.41) is 26.9. The van der Waals surface area contributed by atoms with Crippen LogP contribution in [0.1, 0.15) is 36.3 Å². The van der Waals surface area contributed by atoms with E-state index in [1.54, 1.807) is 12.1 Å². The van der Waals surface area contributed by atoms with Gasteiger partial charge in [-0.15, -0.1) is 11.3 Å². The van der Waals surface area contributed by atoms with Gasteiger partial charge in [-0.05, 0) is 55.3 Å². The third-order valence-corrected chi connectivity index (χ3v) is 4.66. The van der Waals surface area contributed by atoms with E-state index < -0.39 is 6.10 Å². The van der Waals surface area contributed by atoms with E-state index in [2.05, 4.69) is 10.6 Å². The molecular formula is C18H24N2O3S. The third kappa shape index (κ3) is 6.22. The van der Waals surface area contributed by atoms with Crippen LogP contribution < -0.4 is 10.6 Å². The Morgan fingerprint density at radius 1 is 1.25 bits per heavy atom. The second-order valence-electron chi connectivity index (χ2n) is 5.84. The van der Waals surface area contributed by atoms with Gasteiger partial charge in [-0.2, -0.15) is 0 Å². The summed E-state index contributed by atoms with van der Waals surface area (Å²) in [6, 6.07) is 10.6. The monoisotopic (exact) mass is 348 g/mol. The Balaban J connectivity index is 1.61. The molecule has 0 saturated heterocycles. The van der Waals surface area contributed by atoms with Gasteiger partial charge in [-0.1, -0.05) is 18.2 Å². The number of aromatic hydroxyl groups is 1. The molecule has 1 heterocycles. The van der Waals surface area contributed by atoms with E-state index in [4.69, 9.17) is 0 Å². The molecule has 2 amide bonds. The highest BCUT2D eigenvalue weighted by Gasteiger charge is 2.14. The number of benzene rings is 1. The summed E-state index contributed by atoms with van der Waals surface area (Å²) < 4.78 is 0. The van der Waals surface area contributed by atoms with Gasteiger partial charge in [0.05, 0.1) is 6.10 Å². The van der Waals surface area contributed by atoms with Gasteiger partial charge < -0.3 is 20.8 Å². The van der Waals surface area contributed by atoms with Crippen molar-refractivity contribution in [2.75, 3.05) is 6.54 Å². The van der Waals surface area contributed by atoms with E-state index in [9.17, 15) is 15.0 Å². The van der Waals surface area contributed by atoms with E-state index in [1.165, 1.54) is 11.3 Å². The smallest absolute Gasteiger partial charge is 0.314 e. The number of hydrogen-bond donors (Lipinski definition) is 4. The zero-order valence-electron chi connectivity index (χ0n) is 13.7. The van der Waals surface area contributed by atoms with Crippen molar-refractivity contribution in [3.8, 4) is 5.75 Å². The van der Waals surface area contributed by atoms with Crippen LogP contribution in [0.3, 0.4) is 0 Å². The number of phenols is 1. The van der Waals surface area contributed by atoms with Gasteiger partial charge in [0.2, 0.25) is 0 Å². The van der Waals surface area contributed by atoms with Gasteiger partial charge in [0, 0.05) is 17.5 Å². The van der Waals surface area contributed by atoms with Crippen LogP contribution in [0, 0.1) is 0 Å². The SMILES string of the molecule is CC(CC(O)c1cccs1)NC(=O)NCCCc1ccc(O)cc1. The zero-order chi connectivity index (χ0) is 17.4. The molecule has 0 bridgehead atoms. The van der Waals surface area contributed by atoms with Crippen molar-refractivity contribution >= 4 is 17.4 Å². The van der Waals surface area contributed by atoms with Crippen LogP contribution in [0.25, 0.3) is 0 Å². The molecule has 5 nitrogen and oxygen atoms in total. The molecule has 130 valence electrons. The number of phenolic OH excluding ortho intramolecular Hbond substituents is 1. The number of hydrogen-bond acceptors (Lipinski definition) is 4. The average Bonchev–Trinajstić information content (AvgIpc) is 3.07. The first-order valence-corrected chi connectivity index (χ1v) is 8.96. The highest BCUT2D eigenvalue weighted by atomic mass is 32.1. The maximum Gasteiger partial charge on any atom is 0.314 e. The summed E-state index contributed by atoms with van der Waals surface area (Å²) in [7, 11) is 0. The van der Waals surface area contributed by atoms with Crippen molar-refractivity contribution in [2.45, 2.75) is 38.3 Å². The fraction of sp³-hybridized carbons (Fsp3) is 0.389.